The highest BCUT2D eigenvalue weighted by Gasteiger charge is 2.30. The fourth-order valence-electron chi connectivity index (χ4n) is 3.58. The molecule has 108 valence electrons. The van der Waals surface area contributed by atoms with Gasteiger partial charge in [0.05, 0.1) is 0 Å². The van der Waals surface area contributed by atoms with Crippen LogP contribution in [0.5, 0.6) is 0 Å². The van der Waals surface area contributed by atoms with Gasteiger partial charge in [0.15, 0.2) is 0 Å². The second-order valence-electron chi connectivity index (χ2n) is 5.88. The molecule has 2 nitrogen and oxygen atoms in total. The van der Waals surface area contributed by atoms with Gasteiger partial charge >= 0.3 is 0 Å². The largest absolute Gasteiger partial charge is 0.314 e. The Morgan fingerprint density at radius 1 is 1.06 bits per heavy atom. The zero-order chi connectivity index (χ0) is 13.4. The van der Waals surface area contributed by atoms with Crippen LogP contribution >= 0.6 is 0 Å². The van der Waals surface area contributed by atoms with E-state index in [2.05, 4.69) is 37.9 Å². The first kappa shape index (κ1) is 16.0. The van der Waals surface area contributed by atoms with Gasteiger partial charge in [-0.25, -0.2) is 0 Å². The molecule has 3 atom stereocenters. The van der Waals surface area contributed by atoms with E-state index in [0.717, 1.165) is 24.4 Å². The molecule has 0 aliphatic heterocycles. The third-order valence-corrected chi connectivity index (χ3v) is 4.64. The number of hydrogen-bond donors (Lipinski definition) is 1. The molecule has 1 N–H and O–H groups in total. The Kier molecular flexibility index (Phi) is 7.92. The van der Waals surface area contributed by atoms with Crippen molar-refractivity contribution in [3.63, 3.8) is 0 Å². The summed E-state index contributed by atoms with van der Waals surface area (Å²) in [5.74, 6) is 1.86. The van der Waals surface area contributed by atoms with Crippen LogP contribution in [0, 0.1) is 11.8 Å². The highest BCUT2D eigenvalue weighted by atomic mass is 15.1. The summed E-state index contributed by atoms with van der Waals surface area (Å²) >= 11 is 0. The molecule has 0 aromatic heterocycles. The van der Waals surface area contributed by atoms with Crippen LogP contribution in [0.1, 0.15) is 59.8 Å². The van der Waals surface area contributed by atoms with Gasteiger partial charge in [-0.05, 0) is 50.7 Å². The predicted octanol–water partition coefficient (Wildman–Crippen LogP) is 3.52. The van der Waals surface area contributed by atoms with Gasteiger partial charge < -0.3 is 10.2 Å². The fourth-order valence-corrected chi connectivity index (χ4v) is 3.58. The molecule has 0 radical (unpaired) electrons. The fraction of sp³-hybridized carbons (Fsp3) is 1.00. The number of nitrogens with one attached hydrogen (secondary N) is 1. The van der Waals surface area contributed by atoms with Crippen LogP contribution in [0.25, 0.3) is 0 Å². The Hall–Kier alpha value is -0.0800. The number of nitrogens with zero attached hydrogens (tertiary/aromatic N) is 1. The molecule has 0 bridgehead atoms. The average Bonchev–Trinajstić information content (AvgIpc) is 2.39. The van der Waals surface area contributed by atoms with E-state index in [1.165, 1.54) is 51.7 Å². The van der Waals surface area contributed by atoms with Crippen molar-refractivity contribution in [1.29, 1.82) is 0 Å². The van der Waals surface area contributed by atoms with Gasteiger partial charge in [0.1, 0.15) is 0 Å². The van der Waals surface area contributed by atoms with Gasteiger partial charge in [0, 0.05) is 12.6 Å². The van der Waals surface area contributed by atoms with E-state index in [-0.39, 0.29) is 0 Å². The summed E-state index contributed by atoms with van der Waals surface area (Å²) in [5.41, 5.74) is 0. The predicted molar refractivity (Wildman–Crippen MR) is 81.0 cm³/mol. The van der Waals surface area contributed by atoms with Gasteiger partial charge in [0.25, 0.3) is 0 Å². The summed E-state index contributed by atoms with van der Waals surface area (Å²) in [6.07, 6.45) is 7.08. The number of rotatable bonds is 8. The minimum atomic E-state index is 0.767. The Morgan fingerprint density at radius 2 is 1.78 bits per heavy atom. The summed E-state index contributed by atoms with van der Waals surface area (Å²) in [4.78, 5) is 2.60. The first-order valence-electron chi connectivity index (χ1n) is 8.20. The van der Waals surface area contributed by atoms with Gasteiger partial charge in [-0.15, -0.1) is 0 Å². The zero-order valence-corrected chi connectivity index (χ0v) is 13.0. The van der Waals surface area contributed by atoms with Crippen molar-refractivity contribution < 1.29 is 0 Å². The van der Waals surface area contributed by atoms with Crippen LogP contribution in [0.3, 0.4) is 0 Å². The Balaban J connectivity index is 2.53. The molecule has 1 saturated carbocycles. The molecular weight excluding hydrogens is 220 g/mol. The maximum Gasteiger partial charge on any atom is 0.0108 e. The Bertz CT molecular complexity index is 201. The smallest absolute Gasteiger partial charge is 0.0108 e. The van der Waals surface area contributed by atoms with Crippen molar-refractivity contribution in [3.05, 3.63) is 0 Å². The Labute approximate surface area is 115 Å². The summed E-state index contributed by atoms with van der Waals surface area (Å²) in [6, 6.07) is 0.767. The van der Waals surface area contributed by atoms with Gasteiger partial charge in [-0.3, -0.25) is 0 Å². The summed E-state index contributed by atoms with van der Waals surface area (Å²) < 4.78 is 0. The average molecular weight is 254 g/mol. The molecule has 3 unspecified atom stereocenters. The lowest BCUT2D eigenvalue weighted by Gasteiger charge is -2.39. The van der Waals surface area contributed by atoms with Crippen LogP contribution in [-0.4, -0.2) is 37.1 Å². The molecule has 0 heterocycles. The van der Waals surface area contributed by atoms with E-state index in [1.54, 1.807) is 0 Å². The Morgan fingerprint density at radius 3 is 2.33 bits per heavy atom. The lowest BCUT2D eigenvalue weighted by molar-refractivity contribution is 0.142. The van der Waals surface area contributed by atoms with Gasteiger partial charge in [-0.1, -0.05) is 40.5 Å². The van der Waals surface area contributed by atoms with Crippen molar-refractivity contribution >= 4 is 0 Å². The topological polar surface area (TPSA) is 15.3 Å². The molecule has 1 fully saturated rings. The molecule has 0 spiro atoms. The van der Waals surface area contributed by atoms with Crippen molar-refractivity contribution in [2.75, 3.05) is 26.2 Å². The molecule has 0 saturated heterocycles. The van der Waals surface area contributed by atoms with Crippen LogP contribution in [0.4, 0.5) is 0 Å². The third-order valence-electron chi connectivity index (χ3n) is 4.64. The normalized spacial score (nSPS) is 28.8. The first-order chi connectivity index (χ1) is 8.74. The van der Waals surface area contributed by atoms with Crippen molar-refractivity contribution in [3.8, 4) is 0 Å². The lowest BCUT2D eigenvalue weighted by atomic mass is 9.76. The summed E-state index contributed by atoms with van der Waals surface area (Å²) in [5, 5.41) is 3.72. The van der Waals surface area contributed by atoms with Gasteiger partial charge in [0.2, 0.25) is 0 Å². The maximum absolute atomic E-state index is 3.72. The van der Waals surface area contributed by atoms with E-state index in [4.69, 9.17) is 0 Å². The van der Waals surface area contributed by atoms with E-state index < -0.39 is 0 Å². The van der Waals surface area contributed by atoms with Crippen LogP contribution in [0.2, 0.25) is 0 Å². The number of hydrogen-bond acceptors (Lipinski definition) is 2. The van der Waals surface area contributed by atoms with Crippen LogP contribution in [-0.2, 0) is 0 Å². The standard InChI is InChI=1S/C16H34N2/c1-5-9-14-10-11-16(17-6-2)15(12-14)13-18(7-3)8-4/h14-17H,5-13H2,1-4H3. The minimum absolute atomic E-state index is 0.767. The second-order valence-corrected chi connectivity index (χ2v) is 5.88. The third kappa shape index (κ3) is 4.89. The first-order valence-corrected chi connectivity index (χ1v) is 8.20. The highest BCUT2D eigenvalue weighted by Crippen LogP contribution is 2.32. The van der Waals surface area contributed by atoms with Crippen LogP contribution < -0.4 is 5.32 Å². The van der Waals surface area contributed by atoms with Crippen LogP contribution in [0.15, 0.2) is 0 Å². The van der Waals surface area contributed by atoms with Crippen molar-refractivity contribution in [2.24, 2.45) is 11.8 Å². The molecular formula is C16H34N2. The monoisotopic (exact) mass is 254 g/mol. The minimum Gasteiger partial charge on any atom is -0.314 e. The van der Waals surface area contributed by atoms with E-state index >= 15 is 0 Å². The molecule has 1 rings (SSSR count). The van der Waals surface area contributed by atoms with Gasteiger partial charge in [-0.2, -0.15) is 0 Å². The summed E-state index contributed by atoms with van der Waals surface area (Å²) in [7, 11) is 0. The summed E-state index contributed by atoms with van der Waals surface area (Å²) in [6.45, 7) is 14.0. The molecule has 0 aromatic rings. The molecule has 2 heteroatoms. The second kappa shape index (κ2) is 8.92. The molecule has 1 aliphatic rings. The quantitative estimate of drug-likeness (QED) is 0.713. The molecule has 0 amide bonds. The van der Waals surface area contributed by atoms with E-state index in [1.807, 2.05) is 0 Å². The molecule has 18 heavy (non-hydrogen) atoms. The molecule has 0 aromatic carbocycles. The molecule has 1 aliphatic carbocycles. The zero-order valence-electron chi connectivity index (χ0n) is 13.0. The van der Waals surface area contributed by atoms with E-state index in [9.17, 15) is 0 Å². The van der Waals surface area contributed by atoms with Crippen molar-refractivity contribution in [1.82, 2.24) is 10.2 Å². The highest BCUT2D eigenvalue weighted by molar-refractivity contribution is 4.86. The SMILES string of the molecule is CCCC1CCC(NCC)C(CN(CC)CC)C1. The van der Waals surface area contributed by atoms with Crippen molar-refractivity contribution in [2.45, 2.75) is 65.8 Å². The van der Waals surface area contributed by atoms with E-state index in [0.29, 0.717) is 0 Å². The lowest BCUT2D eigenvalue weighted by Crippen LogP contribution is -2.45. The maximum atomic E-state index is 3.72.